The van der Waals surface area contributed by atoms with Gasteiger partial charge in [-0.3, -0.25) is 10.1 Å². The summed E-state index contributed by atoms with van der Waals surface area (Å²) in [5.41, 5.74) is -3.92. The molecule has 2 aromatic rings. The number of aromatic carboxylic acids is 1. The summed E-state index contributed by atoms with van der Waals surface area (Å²) in [5.74, 6) is -3.08. The molecule has 0 bridgehead atoms. The van der Waals surface area contributed by atoms with Crippen molar-refractivity contribution in [3.8, 4) is 0 Å². The molecule has 0 saturated carbocycles. The van der Waals surface area contributed by atoms with Crippen LogP contribution in [0, 0.1) is 10.1 Å². The molecule has 0 amide bonds. The zero-order chi connectivity index (χ0) is 17.2. The lowest BCUT2D eigenvalue weighted by molar-refractivity contribution is -0.385. The summed E-state index contributed by atoms with van der Waals surface area (Å²) in [6.45, 7) is 0. The number of anilines is 2. The molecule has 0 atom stereocenters. The Morgan fingerprint density at radius 2 is 1.91 bits per heavy atom. The fourth-order valence-corrected chi connectivity index (χ4v) is 1.58. The number of pyridine rings is 1. The van der Waals surface area contributed by atoms with Gasteiger partial charge in [0.25, 0.3) is 0 Å². The van der Waals surface area contributed by atoms with Crippen molar-refractivity contribution in [2.45, 2.75) is 6.18 Å². The van der Waals surface area contributed by atoms with Crippen molar-refractivity contribution in [3.63, 3.8) is 0 Å². The van der Waals surface area contributed by atoms with E-state index in [2.05, 4.69) is 20.3 Å². The van der Waals surface area contributed by atoms with Gasteiger partial charge in [0.05, 0.1) is 4.92 Å². The van der Waals surface area contributed by atoms with Gasteiger partial charge in [0.15, 0.2) is 0 Å². The van der Waals surface area contributed by atoms with Crippen LogP contribution in [-0.2, 0) is 6.18 Å². The summed E-state index contributed by atoms with van der Waals surface area (Å²) in [7, 11) is 0. The first kappa shape index (κ1) is 16.1. The van der Waals surface area contributed by atoms with Crippen LogP contribution in [0.3, 0.4) is 0 Å². The quantitative estimate of drug-likeness (QED) is 0.645. The maximum atomic E-state index is 13.0. The lowest BCUT2D eigenvalue weighted by Crippen LogP contribution is -2.16. The van der Waals surface area contributed by atoms with Crippen LogP contribution < -0.4 is 5.32 Å². The number of hydrogen-bond donors (Lipinski definition) is 2. The van der Waals surface area contributed by atoms with Gasteiger partial charge in [-0.1, -0.05) is 0 Å². The van der Waals surface area contributed by atoms with Gasteiger partial charge in [0.2, 0.25) is 11.6 Å². The summed E-state index contributed by atoms with van der Waals surface area (Å²) in [6.07, 6.45) is -2.55. The zero-order valence-electron chi connectivity index (χ0n) is 10.9. The molecule has 0 aliphatic rings. The second kappa shape index (κ2) is 5.82. The lowest BCUT2D eigenvalue weighted by atomic mass is 10.2. The predicted molar refractivity (Wildman–Crippen MR) is 68.2 cm³/mol. The smallest absolute Gasteiger partial charge is 0.420 e. The Labute approximate surface area is 125 Å². The van der Waals surface area contributed by atoms with Crippen LogP contribution in [0.2, 0.25) is 0 Å². The van der Waals surface area contributed by atoms with Gasteiger partial charge in [-0.25, -0.2) is 19.7 Å². The van der Waals surface area contributed by atoms with Crippen LogP contribution >= 0.6 is 0 Å². The summed E-state index contributed by atoms with van der Waals surface area (Å²) in [4.78, 5) is 30.9. The molecule has 0 radical (unpaired) electrons. The van der Waals surface area contributed by atoms with Crippen LogP contribution in [0.4, 0.5) is 30.6 Å². The van der Waals surface area contributed by atoms with E-state index >= 15 is 0 Å². The van der Waals surface area contributed by atoms with Crippen molar-refractivity contribution in [2.24, 2.45) is 0 Å². The highest BCUT2D eigenvalue weighted by molar-refractivity contribution is 5.91. The van der Waals surface area contributed by atoms with E-state index in [9.17, 15) is 28.1 Å². The molecule has 23 heavy (non-hydrogen) atoms. The van der Waals surface area contributed by atoms with E-state index in [1.807, 2.05) is 0 Å². The number of rotatable bonds is 4. The van der Waals surface area contributed by atoms with E-state index in [0.717, 1.165) is 0 Å². The number of carboxylic acids is 1. The number of hydrogen-bond acceptors (Lipinski definition) is 7. The van der Waals surface area contributed by atoms with Crippen LogP contribution in [0.25, 0.3) is 0 Å². The molecule has 9 nitrogen and oxygen atoms in total. The van der Waals surface area contributed by atoms with Crippen molar-refractivity contribution in [3.05, 3.63) is 45.9 Å². The number of carboxylic acid groups (broad SMARTS) is 1. The van der Waals surface area contributed by atoms with E-state index in [4.69, 9.17) is 5.11 Å². The van der Waals surface area contributed by atoms with Crippen molar-refractivity contribution in [2.75, 3.05) is 5.32 Å². The molecule has 0 aromatic carbocycles. The van der Waals surface area contributed by atoms with Crippen LogP contribution in [-0.4, -0.2) is 31.0 Å². The Bertz CT molecular complexity index is 766. The van der Waals surface area contributed by atoms with Gasteiger partial charge in [-0.2, -0.15) is 13.2 Å². The third kappa shape index (κ3) is 3.48. The molecular formula is C11H6F3N5O4. The Kier molecular flexibility index (Phi) is 4.07. The molecule has 2 aromatic heterocycles. The topological polar surface area (TPSA) is 131 Å². The molecule has 0 aliphatic heterocycles. The fourth-order valence-electron chi connectivity index (χ4n) is 1.58. The molecule has 0 saturated heterocycles. The molecular weight excluding hydrogens is 323 g/mol. The van der Waals surface area contributed by atoms with E-state index < -0.39 is 39.8 Å². The van der Waals surface area contributed by atoms with Crippen molar-refractivity contribution >= 4 is 23.4 Å². The maximum Gasteiger partial charge on any atom is 0.420 e. The number of halogens is 3. The first-order chi connectivity index (χ1) is 10.7. The van der Waals surface area contributed by atoms with Crippen molar-refractivity contribution in [1.29, 1.82) is 0 Å². The SMILES string of the molecule is O=C(O)c1nc(Nc2ncccn2)c(C(F)(F)F)cc1[N+](=O)[O-]. The minimum absolute atomic E-state index is 0.0989. The number of aromatic nitrogens is 3. The zero-order valence-corrected chi connectivity index (χ0v) is 10.9. The van der Waals surface area contributed by atoms with Crippen LogP contribution in [0.1, 0.15) is 16.1 Å². The summed E-state index contributed by atoms with van der Waals surface area (Å²) in [5, 5.41) is 21.8. The van der Waals surface area contributed by atoms with E-state index in [1.54, 1.807) is 0 Å². The highest BCUT2D eigenvalue weighted by atomic mass is 19.4. The molecule has 12 heteroatoms. The van der Waals surface area contributed by atoms with Crippen molar-refractivity contribution in [1.82, 2.24) is 15.0 Å². The Hall–Kier alpha value is -3.31. The molecule has 0 spiro atoms. The predicted octanol–water partition coefficient (Wildman–Crippen LogP) is 2.24. The first-order valence-electron chi connectivity index (χ1n) is 5.74. The Balaban J connectivity index is 2.65. The minimum Gasteiger partial charge on any atom is -0.476 e. The van der Waals surface area contributed by atoms with Crippen molar-refractivity contribution < 1.29 is 28.0 Å². The number of nitrogens with one attached hydrogen (secondary N) is 1. The number of nitrogens with zero attached hydrogens (tertiary/aromatic N) is 4. The van der Waals surface area contributed by atoms with Crippen LogP contribution in [0.5, 0.6) is 0 Å². The van der Waals surface area contributed by atoms with Gasteiger partial charge in [0.1, 0.15) is 11.4 Å². The average molecular weight is 329 g/mol. The Morgan fingerprint density at radius 3 is 2.39 bits per heavy atom. The number of carbonyl (C=O) groups is 1. The van der Waals surface area contributed by atoms with Gasteiger partial charge in [-0.15, -0.1) is 0 Å². The lowest BCUT2D eigenvalue weighted by Gasteiger charge is -2.13. The third-order valence-electron chi connectivity index (χ3n) is 2.50. The third-order valence-corrected chi connectivity index (χ3v) is 2.50. The van der Waals surface area contributed by atoms with Gasteiger partial charge in [0, 0.05) is 18.5 Å². The monoisotopic (exact) mass is 329 g/mol. The van der Waals surface area contributed by atoms with E-state index in [1.165, 1.54) is 18.5 Å². The number of nitro groups is 1. The second-order valence-electron chi connectivity index (χ2n) is 4.01. The average Bonchev–Trinajstić information content (AvgIpc) is 2.46. The largest absolute Gasteiger partial charge is 0.476 e. The fraction of sp³-hybridized carbons (Fsp3) is 0.0909. The highest BCUT2D eigenvalue weighted by Crippen LogP contribution is 2.37. The van der Waals surface area contributed by atoms with E-state index in [-0.39, 0.29) is 12.0 Å². The molecule has 0 fully saturated rings. The van der Waals surface area contributed by atoms with E-state index in [0.29, 0.717) is 0 Å². The molecule has 2 heterocycles. The van der Waals surface area contributed by atoms with Gasteiger partial charge >= 0.3 is 17.8 Å². The minimum atomic E-state index is -5.01. The molecule has 120 valence electrons. The molecule has 0 aliphatic carbocycles. The normalized spacial score (nSPS) is 11.1. The Morgan fingerprint density at radius 1 is 1.30 bits per heavy atom. The van der Waals surface area contributed by atoms with Crippen LogP contribution in [0.15, 0.2) is 24.5 Å². The van der Waals surface area contributed by atoms with Gasteiger partial charge < -0.3 is 10.4 Å². The number of alkyl halides is 3. The highest BCUT2D eigenvalue weighted by Gasteiger charge is 2.39. The molecule has 0 unspecified atom stereocenters. The summed E-state index contributed by atoms with van der Waals surface area (Å²) >= 11 is 0. The molecule has 2 N–H and O–H groups in total. The molecule has 2 rings (SSSR count). The maximum absolute atomic E-state index is 13.0. The second-order valence-corrected chi connectivity index (χ2v) is 4.01. The van der Waals surface area contributed by atoms with Gasteiger partial charge in [-0.05, 0) is 6.07 Å². The summed E-state index contributed by atoms with van der Waals surface area (Å²) < 4.78 is 39.1. The summed E-state index contributed by atoms with van der Waals surface area (Å²) in [6, 6.07) is 1.50. The first-order valence-corrected chi connectivity index (χ1v) is 5.74. The standard InChI is InChI=1S/C11H6F3N5O4/c12-11(13,14)5-4-6(19(22)23)7(9(20)21)17-8(5)18-10-15-2-1-3-16-10/h1-4H,(H,20,21)(H,15,16,17,18).